The molecule has 7 nitrogen and oxygen atoms in total. The number of carbonyl (C=O) groups is 3. The van der Waals surface area contributed by atoms with Crippen molar-refractivity contribution in [3.8, 4) is 0 Å². The topological polar surface area (TPSA) is 91.2 Å². The van der Waals surface area contributed by atoms with Crippen LogP contribution in [0.15, 0.2) is 82.8 Å². The van der Waals surface area contributed by atoms with E-state index in [-0.39, 0.29) is 25.4 Å². The van der Waals surface area contributed by atoms with E-state index in [0.29, 0.717) is 27.7 Å². The van der Waals surface area contributed by atoms with E-state index >= 15 is 0 Å². The zero-order chi connectivity index (χ0) is 23.7. The van der Waals surface area contributed by atoms with E-state index in [1.807, 2.05) is 42.5 Å². The molecule has 1 N–H and O–H groups in total. The fourth-order valence-corrected chi connectivity index (χ4v) is 4.14. The molecule has 2 aliphatic heterocycles. The number of Topliss-reactive ketones (excluding diaryl/α,β-unsaturated/α-hetero) is 1. The third-order valence-electron chi connectivity index (χ3n) is 5.61. The second kappa shape index (κ2) is 9.03. The van der Waals surface area contributed by atoms with Gasteiger partial charge in [0.05, 0.1) is 42.2 Å². The van der Waals surface area contributed by atoms with E-state index in [1.165, 1.54) is 0 Å². The standard InChI is InChI=1S/C26H19ClN4O3/c27-17-10-11-22-21(12-17)24(16-6-2-1-3-7-16)29-14-23(30-22)28-13-18(32)15-31-25(33)19-8-4-5-9-20(19)26(31)34/h1-12H,13-15H2,(H,28,30). The van der Waals surface area contributed by atoms with Gasteiger partial charge in [0, 0.05) is 16.1 Å². The monoisotopic (exact) mass is 470 g/mol. The van der Waals surface area contributed by atoms with Crippen molar-refractivity contribution in [2.75, 3.05) is 19.6 Å². The van der Waals surface area contributed by atoms with Crippen LogP contribution in [0.5, 0.6) is 0 Å². The van der Waals surface area contributed by atoms with E-state index < -0.39 is 11.8 Å². The molecule has 2 heterocycles. The van der Waals surface area contributed by atoms with Crippen LogP contribution in [-0.2, 0) is 4.79 Å². The van der Waals surface area contributed by atoms with Crippen molar-refractivity contribution in [1.29, 1.82) is 0 Å². The Labute approximate surface area is 200 Å². The number of hydrogen-bond donors (Lipinski definition) is 1. The normalized spacial score (nSPS) is 14.7. The molecule has 8 heteroatoms. The minimum atomic E-state index is -0.455. The van der Waals surface area contributed by atoms with Crippen LogP contribution >= 0.6 is 11.6 Å². The summed E-state index contributed by atoms with van der Waals surface area (Å²) >= 11 is 6.24. The molecule has 5 rings (SSSR count). The molecule has 34 heavy (non-hydrogen) atoms. The second-order valence-corrected chi connectivity index (χ2v) is 8.32. The van der Waals surface area contributed by atoms with Crippen molar-refractivity contribution < 1.29 is 14.4 Å². The van der Waals surface area contributed by atoms with Crippen molar-refractivity contribution in [2.24, 2.45) is 9.98 Å². The van der Waals surface area contributed by atoms with E-state index in [1.54, 1.807) is 30.3 Å². The smallest absolute Gasteiger partial charge is 0.261 e. The predicted octanol–water partition coefficient (Wildman–Crippen LogP) is 3.68. The Balaban J connectivity index is 1.31. The van der Waals surface area contributed by atoms with Gasteiger partial charge in [-0.2, -0.15) is 0 Å². The van der Waals surface area contributed by atoms with Crippen molar-refractivity contribution in [3.05, 3.63) is 100 Å². The highest BCUT2D eigenvalue weighted by atomic mass is 35.5. The van der Waals surface area contributed by atoms with Crippen molar-refractivity contribution in [3.63, 3.8) is 0 Å². The first kappa shape index (κ1) is 21.7. The number of amidine groups is 1. The Morgan fingerprint density at radius 1 is 0.912 bits per heavy atom. The number of carbonyl (C=O) groups excluding carboxylic acids is 3. The van der Waals surface area contributed by atoms with E-state index in [0.717, 1.165) is 21.7 Å². The number of rotatable bonds is 5. The molecule has 2 amide bonds. The molecule has 0 bridgehead atoms. The van der Waals surface area contributed by atoms with Crippen LogP contribution in [0.1, 0.15) is 31.8 Å². The zero-order valence-electron chi connectivity index (χ0n) is 18.0. The molecular formula is C26H19ClN4O3. The lowest BCUT2D eigenvalue weighted by atomic mass is 10.0. The summed E-state index contributed by atoms with van der Waals surface area (Å²) in [5.41, 5.74) is 3.81. The summed E-state index contributed by atoms with van der Waals surface area (Å²) in [5.74, 6) is -0.720. The number of ketones is 1. The average Bonchev–Trinajstić information content (AvgIpc) is 2.99. The van der Waals surface area contributed by atoms with Crippen LogP contribution in [0, 0.1) is 0 Å². The van der Waals surface area contributed by atoms with Crippen molar-refractivity contribution >= 4 is 46.4 Å². The number of aliphatic imine (C=N–C) groups is 2. The van der Waals surface area contributed by atoms with Crippen molar-refractivity contribution in [1.82, 2.24) is 10.2 Å². The van der Waals surface area contributed by atoms with Gasteiger partial charge in [0.25, 0.3) is 11.8 Å². The highest BCUT2D eigenvalue weighted by Gasteiger charge is 2.36. The van der Waals surface area contributed by atoms with Gasteiger partial charge in [-0.25, -0.2) is 4.99 Å². The van der Waals surface area contributed by atoms with Gasteiger partial charge in [0.1, 0.15) is 5.84 Å². The van der Waals surface area contributed by atoms with Gasteiger partial charge in [-0.05, 0) is 30.3 Å². The molecule has 0 radical (unpaired) electrons. The van der Waals surface area contributed by atoms with Gasteiger partial charge < -0.3 is 5.32 Å². The van der Waals surface area contributed by atoms with E-state index in [9.17, 15) is 14.4 Å². The molecule has 0 saturated carbocycles. The summed E-state index contributed by atoms with van der Waals surface area (Å²) in [4.78, 5) is 48.0. The average molecular weight is 471 g/mol. The summed E-state index contributed by atoms with van der Waals surface area (Å²) in [6, 6.07) is 21.7. The van der Waals surface area contributed by atoms with E-state index in [4.69, 9.17) is 16.6 Å². The molecule has 168 valence electrons. The van der Waals surface area contributed by atoms with Crippen LogP contribution in [0.3, 0.4) is 0 Å². The summed E-state index contributed by atoms with van der Waals surface area (Å²) < 4.78 is 0. The van der Waals surface area contributed by atoms with Gasteiger partial charge in [-0.15, -0.1) is 0 Å². The first-order valence-electron chi connectivity index (χ1n) is 10.7. The lowest BCUT2D eigenvalue weighted by Gasteiger charge is -2.13. The second-order valence-electron chi connectivity index (χ2n) is 7.89. The van der Waals surface area contributed by atoms with Gasteiger partial charge in [-0.1, -0.05) is 54.1 Å². The Kier molecular flexibility index (Phi) is 5.77. The maximum atomic E-state index is 12.6. The van der Waals surface area contributed by atoms with Gasteiger partial charge in [0.15, 0.2) is 5.78 Å². The number of nitrogens with zero attached hydrogens (tertiary/aromatic N) is 3. The number of benzene rings is 3. The first-order chi connectivity index (χ1) is 16.5. The highest BCUT2D eigenvalue weighted by Crippen LogP contribution is 2.28. The molecule has 0 aromatic heterocycles. The number of nitrogens with one attached hydrogen (secondary N) is 1. The summed E-state index contributed by atoms with van der Waals surface area (Å²) in [6.07, 6.45) is 0. The number of halogens is 1. The quantitative estimate of drug-likeness (QED) is 0.576. The zero-order valence-corrected chi connectivity index (χ0v) is 18.7. The molecule has 3 aromatic carbocycles. The summed E-state index contributed by atoms with van der Waals surface area (Å²) in [5, 5.41) is 3.60. The largest absolute Gasteiger partial charge is 0.365 e. The van der Waals surface area contributed by atoms with E-state index in [2.05, 4.69) is 10.3 Å². The summed E-state index contributed by atoms with van der Waals surface area (Å²) in [6.45, 7) is -0.167. The number of fused-ring (bicyclic) bond motifs is 2. The Hall–Kier alpha value is -4.10. The third-order valence-corrected chi connectivity index (χ3v) is 5.84. The van der Waals surface area contributed by atoms with Crippen LogP contribution in [-0.4, -0.2) is 53.7 Å². The predicted molar refractivity (Wildman–Crippen MR) is 130 cm³/mol. The van der Waals surface area contributed by atoms with Gasteiger partial charge in [0.2, 0.25) is 0 Å². The molecule has 0 atom stereocenters. The van der Waals surface area contributed by atoms with Crippen LogP contribution in [0.25, 0.3) is 0 Å². The third kappa shape index (κ3) is 4.13. The molecule has 0 spiro atoms. The highest BCUT2D eigenvalue weighted by molar-refractivity contribution is 6.31. The number of hydrogen-bond acceptors (Lipinski definition) is 6. The van der Waals surface area contributed by atoms with Gasteiger partial charge >= 0.3 is 0 Å². The van der Waals surface area contributed by atoms with Crippen molar-refractivity contribution in [2.45, 2.75) is 0 Å². The first-order valence-corrected chi connectivity index (χ1v) is 11.1. The lowest BCUT2D eigenvalue weighted by Crippen LogP contribution is -2.40. The molecular weight excluding hydrogens is 452 g/mol. The molecule has 0 fully saturated rings. The SMILES string of the molecule is O=C(CNC1=Nc2ccc(Cl)cc2C(c2ccccc2)=NC1)CN1C(=O)c2ccccc2C1=O. The fraction of sp³-hybridized carbons (Fsp3) is 0.115. The fourth-order valence-electron chi connectivity index (χ4n) is 3.97. The lowest BCUT2D eigenvalue weighted by molar-refractivity contribution is -0.118. The van der Waals surface area contributed by atoms with Crippen LogP contribution in [0.4, 0.5) is 5.69 Å². The Bertz CT molecular complexity index is 1350. The number of imide groups is 1. The molecule has 3 aromatic rings. The maximum absolute atomic E-state index is 12.6. The summed E-state index contributed by atoms with van der Waals surface area (Å²) in [7, 11) is 0. The Morgan fingerprint density at radius 3 is 2.29 bits per heavy atom. The minimum absolute atomic E-state index is 0.0919. The minimum Gasteiger partial charge on any atom is -0.365 e. The Morgan fingerprint density at radius 2 is 1.59 bits per heavy atom. The molecule has 0 saturated heterocycles. The number of amides is 2. The molecule has 0 aliphatic carbocycles. The maximum Gasteiger partial charge on any atom is 0.261 e. The van der Waals surface area contributed by atoms with Crippen LogP contribution < -0.4 is 5.32 Å². The molecule has 0 unspecified atom stereocenters. The van der Waals surface area contributed by atoms with Crippen LogP contribution in [0.2, 0.25) is 5.02 Å². The van der Waals surface area contributed by atoms with Gasteiger partial charge in [-0.3, -0.25) is 24.3 Å². The molecule has 2 aliphatic rings.